The number of carbonyl (C=O) groups is 1. The molecule has 0 saturated carbocycles. The topological polar surface area (TPSA) is 85.6 Å². The molecule has 0 unspecified atom stereocenters. The van der Waals surface area contributed by atoms with Crippen molar-refractivity contribution in [2.24, 2.45) is 0 Å². The first-order valence-corrected chi connectivity index (χ1v) is 10.3. The maximum atomic E-state index is 13.5. The molecule has 0 bridgehead atoms. The van der Waals surface area contributed by atoms with Gasteiger partial charge in [0.05, 0.1) is 28.8 Å². The highest BCUT2D eigenvalue weighted by Gasteiger charge is 2.25. The summed E-state index contributed by atoms with van der Waals surface area (Å²) < 4.78 is 6.03. The summed E-state index contributed by atoms with van der Waals surface area (Å²) in [6.07, 6.45) is 0. The van der Waals surface area contributed by atoms with E-state index in [2.05, 4.69) is 0 Å². The van der Waals surface area contributed by atoms with Crippen molar-refractivity contribution in [2.45, 2.75) is 13.5 Å². The van der Waals surface area contributed by atoms with E-state index in [0.717, 1.165) is 21.3 Å². The van der Waals surface area contributed by atoms with E-state index in [1.165, 1.54) is 36.6 Å². The monoisotopic (exact) mass is 433 g/mol. The van der Waals surface area contributed by atoms with Crippen LogP contribution in [0.2, 0.25) is 0 Å². The predicted octanol–water partition coefficient (Wildman–Crippen LogP) is 5.37. The van der Waals surface area contributed by atoms with Crippen molar-refractivity contribution in [3.05, 3.63) is 93.5 Å². The molecule has 0 aliphatic heterocycles. The SMILES string of the molecule is COc1ccc(C(=O)N(Cc2ccccc2)c2nc3c(C)cccc3s2)cc1[N+](=O)[O-]. The molecule has 7 nitrogen and oxygen atoms in total. The molecule has 4 aromatic rings. The minimum atomic E-state index is -0.557. The van der Waals surface area contributed by atoms with Gasteiger partial charge in [0.1, 0.15) is 0 Å². The first kappa shape index (κ1) is 20.5. The lowest BCUT2D eigenvalue weighted by Gasteiger charge is -2.20. The minimum absolute atomic E-state index is 0.103. The Hall–Kier alpha value is -3.78. The van der Waals surface area contributed by atoms with Crippen molar-refractivity contribution in [1.82, 2.24) is 4.98 Å². The molecule has 1 amide bonds. The number of amides is 1. The molecule has 8 heteroatoms. The molecule has 4 rings (SSSR count). The average Bonchev–Trinajstić information content (AvgIpc) is 3.22. The number of anilines is 1. The van der Waals surface area contributed by atoms with Gasteiger partial charge >= 0.3 is 5.69 Å². The lowest BCUT2D eigenvalue weighted by atomic mass is 10.1. The summed E-state index contributed by atoms with van der Waals surface area (Å²) in [4.78, 5) is 30.7. The van der Waals surface area contributed by atoms with Crippen LogP contribution in [0.4, 0.5) is 10.8 Å². The smallest absolute Gasteiger partial charge is 0.311 e. The number of hydrogen-bond acceptors (Lipinski definition) is 6. The summed E-state index contributed by atoms with van der Waals surface area (Å²) in [6, 6.07) is 19.7. The van der Waals surface area contributed by atoms with Crippen LogP contribution in [0.1, 0.15) is 21.5 Å². The quantitative estimate of drug-likeness (QED) is 0.301. The van der Waals surface area contributed by atoms with Crippen LogP contribution in [0.25, 0.3) is 10.2 Å². The molecule has 0 aliphatic rings. The van der Waals surface area contributed by atoms with E-state index in [-0.39, 0.29) is 22.9 Å². The summed E-state index contributed by atoms with van der Waals surface area (Å²) in [5.41, 5.74) is 2.73. The van der Waals surface area contributed by atoms with E-state index < -0.39 is 4.92 Å². The third-order valence-electron chi connectivity index (χ3n) is 4.89. The maximum Gasteiger partial charge on any atom is 0.311 e. The Bertz CT molecular complexity index is 1270. The standard InChI is InChI=1S/C23H19N3O4S/c1-15-7-6-10-20-21(15)24-23(31-20)25(14-16-8-4-3-5-9-16)22(27)17-11-12-19(30-2)18(13-17)26(28)29/h3-13H,14H2,1-2H3. The van der Waals surface area contributed by atoms with Crippen LogP contribution in [0.3, 0.4) is 0 Å². The van der Waals surface area contributed by atoms with Gasteiger partial charge in [0.2, 0.25) is 0 Å². The van der Waals surface area contributed by atoms with E-state index in [1.54, 1.807) is 4.90 Å². The number of fused-ring (bicyclic) bond motifs is 1. The molecule has 1 aromatic heterocycles. The number of methoxy groups -OCH3 is 1. The average molecular weight is 433 g/mol. The molecule has 0 N–H and O–H groups in total. The Morgan fingerprint density at radius 1 is 1.13 bits per heavy atom. The zero-order valence-electron chi connectivity index (χ0n) is 16.9. The summed E-state index contributed by atoms with van der Waals surface area (Å²) in [5.74, 6) is -0.266. The van der Waals surface area contributed by atoms with E-state index in [4.69, 9.17) is 9.72 Å². The summed E-state index contributed by atoms with van der Waals surface area (Å²) >= 11 is 1.42. The second kappa shape index (κ2) is 8.53. The van der Waals surface area contributed by atoms with E-state index >= 15 is 0 Å². The maximum absolute atomic E-state index is 13.5. The first-order valence-electron chi connectivity index (χ1n) is 9.52. The van der Waals surface area contributed by atoms with Gasteiger partial charge in [0.25, 0.3) is 5.91 Å². The number of rotatable bonds is 6. The molecule has 0 spiro atoms. The van der Waals surface area contributed by atoms with Crippen molar-refractivity contribution >= 4 is 38.3 Å². The highest BCUT2D eigenvalue weighted by molar-refractivity contribution is 7.22. The lowest BCUT2D eigenvalue weighted by Crippen LogP contribution is -2.30. The summed E-state index contributed by atoms with van der Waals surface area (Å²) in [6.45, 7) is 2.26. The predicted molar refractivity (Wildman–Crippen MR) is 121 cm³/mol. The molecule has 1 heterocycles. The normalized spacial score (nSPS) is 10.8. The third kappa shape index (κ3) is 4.10. The highest BCUT2D eigenvalue weighted by Crippen LogP contribution is 2.34. The zero-order valence-corrected chi connectivity index (χ0v) is 17.8. The highest BCUT2D eigenvalue weighted by atomic mass is 32.1. The van der Waals surface area contributed by atoms with Crippen molar-refractivity contribution in [3.63, 3.8) is 0 Å². The Morgan fingerprint density at radius 3 is 2.58 bits per heavy atom. The second-order valence-corrected chi connectivity index (χ2v) is 7.95. The van der Waals surface area contributed by atoms with Gasteiger partial charge in [-0.15, -0.1) is 0 Å². The Balaban J connectivity index is 1.80. The van der Waals surface area contributed by atoms with Gasteiger partial charge < -0.3 is 4.74 Å². The van der Waals surface area contributed by atoms with Crippen molar-refractivity contribution in [3.8, 4) is 5.75 Å². The van der Waals surface area contributed by atoms with Crippen LogP contribution in [-0.2, 0) is 6.54 Å². The second-order valence-electron chi connectivity index (χ2n) is 6.94. The van der Waals surface area contributed by atoms with Crippen LogP contribution < -0.4 is 9.64 Å². The van der Waals surface area contributed by atoms with Gasteiger partial charge in [0.15, 0.2) is 10.9 Å². The molecule has 156 valence electrons. The van der Waals surface area contributed by atoms with E-state index in [1.807, 2.05) is 55.5 Å². The van der Waals surface area contributed by atoms with Crippen LogP contribution in [-0.4, -0.2) is 22.9 Å². The molecule has 3 aromatic carbocycles. The molecule has 0 atom stereocenters. The molecular formula is C23H19N3O4S. The minimum Gasteiger partial charge on any atom is -0.490 e. The Labute approximate surface area is 182 Å². The lowest BCUT2D eigenvalue weighted by molar-refractivity contribution is -0.385. The number of ether oxygens (including phenoxy) is 1. The Kier molecular flexibility index (Phi) is 5.64. The van der Waals surface area contributed by atoms with Crippen molar-refractivity contribution < 1.29 is 14.5 Å². The van der Waals surface area contributed by atoms with Crippen LogP contribution >= 0.6 is 11.3 Å². The van der Waals surface area contributed by atoms with Crippen LogP contribution in [0, 0.1) is 17.0 Å². The number of nitrogens with zero attached hydrogens (tertiary/aromatic N) is 3. The molecule has 0 radical (unpaired) electrons. The third-order valence-corrected chi connectivity index (χ3v) is 5.94. The van der Waals surface area contributed by atoms with Gasteiger partial charge in [0, 0.05) is 11.6 Å². The number of para-hydroxylation sites is 1. The van der Waals surface area contributed by atoms with Gasteiger partial charge in [-0.1, -0.05) is 53.8 Å². The molecule has 0 fully saturated rings. The zero-order chi connectivity index (χ0) is 22.0. The first-order chi connectivity index (χ1) is 15.0. The number of benzene rings is 3. The number of nitro groups is 1. The molecular weight excluding hydrogens is 414 g/mol. The molecule has 31 heavy (non-hydrogen) atoms. The van der Waals surface area contributed by atoms with Crippen molar-refractivity contribution in [1.29, 1.82) is 0 Å². The Morgan fingerprint density at radius 2 is 1.90 bits per heavy atom. The van der Waals surface area contributed by atoms with Crippen LogP contribution in [0.5, 0.6) is 5.75 Å². The number of thiazole rings is 1. The number of aryl methyl sites for hydroxylation is 1. The number of nitro benzene ring substituents is 1. The van der Waals surface area contributed by atoms with Gasteiger partial charge in [-0.3, -0.25) is 19.8 Å². The van der Waals surface area contributed by atoms with Gasteiger partial charge in [-0.05, 0) is 36.2 Å². The largest absolute Gasteiger partial charge is 0.490 e. The molecule has 0 aliphatic carbocycles. The fourth-order valence-electron chi connectivity index (χ4n) is 3.30. The van der Waals surface area contributed by atoms with Crippen LogP contribution in [0.15, 0.2) is 66.7 Å². The fourth-order valence-corrected chi connectivity index (χ4v) is 4.34. The summed E-state index contributed by atoms with van der Waals surface area (Å²) in [5, 5.41) is 12.0. The van der Waals surface area contributed by atoms with Gasteiger partial charge in [-0.2, -0.15) is 0 Å². The number of carbonyl (C=O) groups excluding carboxylic acids is 1. The number of hydrogen-bond donors (Lipinski definition) is 0. The van der Waals surface area contributed by atoms with E-state index in [0.29, 0.717) is 11.7 Å². The molecule has 0 saturated heterocycles. The van der Waals surface area contributed by atoms with E-state index in [9.17, 15) is 14.9 Å². The fraction of sp³-hybridized carbons (Fsp3) is 0.130. The summed E-state index contributed by atoms with van der Waals surface area (Å²) in [7, 11) is 1.36. The van der Waals surface area contributed by atoms with Crippen molar-refractivity contribution in [2.75, 3.05) is 12.0 Å². The number of aromatic nitrogens is 1. The van der Waals surface area contributed by atoms with Gasteiger partial charge in [-0.25, -0.2) is 4.98 Å².